The number of hydrogen-bond acceptors (Lipinski definition) is 1. The molecule has 0 heterocycles. The second-order valence-corrected chi connectivity index (χ2v) is 3.29. The fourth-order valence-electron chi connectivity index (χ4n) is 0.553. The first-order valence-electron chi connectivity index (χ1n) is 5.31. The predicted octanol–water partition coefficient (Wildman–Crippen LogP) is 3.07. The van der Waals surface area contributed by atoms with Gasteiger partial charge >= 0.3 is 0 Å². The minimum Gasteiger partial charge on any atom is -0.346 e. The molecule has 0 unspecified atom stereocenters. The highest BCUT2D eigenvalue weighted by Crippen LogP contribution is 1.90. The Balaban J connectivity index is 0. The lowest BCUT2D eigenvalue weighted by Gasteiger charge is -2.12. The van der Waals surface area contributed by atoms with Crippen LogP contribution in [0.15, 0.2) is 0 Å². The number of rotatable bonds is 4. The SMILES string of the molecule is CCCC.CCCCN(C)C(C)=O. The third-order valence-electron chi connectivity index (χ3n) is 1.88. The van der Waals surface area contributed by atoms with Crippen LogP contribution in [0, 0.1) is 0 Å². The molecular weight excluding hydrogens is 162 g/mol. The maximum atomic E-state index is 10.6. The fourth-order valence-corrected chi connectivity index (χ4v) is 0.553. The van der Waals surface area contributed by atoms with Gasteiger partial charge in [-0.3, -0.25) is 4.79 Å². The Morgan fingerprint density at radius 2 is 1.54 bits per heavy atom. The summed E-state index contributed by atoms with van der Waals surface area (Å²) in [5.41, 5.74) is 0. The molecule has 0 aromatic carbocycles. The Kier molecular flexibility index (Phi) is 13.2. The molecule has 0 saturated heterocycles. The largest absolute Gasteiger partial charge is 0.346 e. The molecule has 80 valence electrons. The molecule has 0 atom stereocenters. The van der Waals surface area contributed by atoms with Crippen molar-refractivity contribution in [2.24, 2.45) is 0 Å². The Hall–Kier alpha value is -0.530. The van der Waals surface area contributed by atoms with E-state index in [9.17, 15) is 4.79 Å². The van der Waals surface area contributed by atoms with Gasteiger partial charge < -0.3 is 4.90 Å². The minimum absolute atomic E-state index is 0.156. The van der Waals surface area contributed by atoms with Gasteiger partial charge in [0.1, 0.15) is 0 Å². The van der Waals surface area contributed by atoms with E-state index in [-0.39, 0.29) is 5.91 Å². The molecule has 0 spiro atoms. The number of unbranched alkanes of at least 4 members (excludes halogenated alkanes) is 2. The highest BCUT2D eigenvalue weighted by Gasteiger charge is 1.98. The van der Waals surface area contributed by atoms with Crippen molar-refractivity contribution < 1.29 is 4.79 Å². The van der Waals surface area contributed by atoms with E-state index in [4.69, 9.17) is 0 Å². The molecule has 0 rings (SSSR count). The average Bonchev–Trinajstić information content (AvgIpc) is 2.14. The van der Waals surface area contributed by atoms with Gasteiger partial charge in [0.2, 0.25) is 5.91 Å². The van der Waals surface area contributed by atoms with Crippen molar-refractivity contribution >= 4 is 5.91 Å². The van der Waals surface area contributed by atoms with Crippen LogP contribution in [-0.4, -0.2) is 24.4 Å². The molecule has 0 radical (unpaired) electrons. The van der Waals surface area contributed by atoms with Gasteiger partial charge in [0, 0.05) is 20.5 Å². The van der Waals surface area contributed by atoms with Gasteiger partial charge in [0.05, 0.1) is 0 Å². The van der Waals surface area contributed by atoms with E-state index < -0.39 is 0 Å². The summed E-state index contributed by atoms with van der Waals surface area (Å²) in [6, 6.07) is 0. The predicted molar refractivity (Wildman–Crippen MR) is 58.8 cm³/mol. The van der Waals surface area contributed by atoms with Crippen LogP contribution >= 0.6 is 0 Å². The summed E-state index contributed by atoms with van der Waals surface area (Å²) in [7, 11) is 1.83. The maximum absolute atomic E-state index is 10.6. The molecular formula is C11H25NO. The Bertz CT molecular complexity index is 111. The molecule has 13 heavy (non-hydrogen) atoms. The number of carbonyl (C=O) groups is 1. The summed E-state index contributed by atoms with van der Waals surface area (Å²) in [5, 5.41) is 0. The van der Waals surface area contributed by atoms with Crippen molar-refractivity contribution in [3.8, 4) is 0 Å². The fraction of sp³-hybridized carbons (Fsp3) is 0.909. The van der Waals surface area contributed by atoms with Crippen molar-refractivity contribution in [3.63, 3.8) is 0 Å². The zero-order valence-electron chi connectivity index (χ0n) is 9.89. The van der Waals surface area contributed by atoms with Gasteiger partial charge in [-0.25, -0.2) is 0 Å². The van der Waals surface area contributed by atoms with Gasteiger partial charge in [-0.1, -0.05) is 40.0 Å². The first-order valence-corrected chi connectivity index (χ1v) is 5.31. The average molecular weight is 187 g/mol. The van der Waals surface area contributed by atoms with Crippen LogP contribution in [0.25, 0.3) is 0 Å². The van der Waals surface area contributed by atoms with Crippen LogP contribution in [0.1, 0.15) is 53.4 Å². The summed E-state index contributed by atoms with van der Waals surface area (Å²) in [4.78, 5) is 12.3. The monoisotopic (exact) mass is 187 g/mol. The Labute approximate surface area is 83.3 Å². The Morgan fingerprint density at radius 1 is 1.08 bits per heavy atom. The molecule has 2 nitrogen and oxygen atoms in total. The first kappa shape index (κ1) is 15.0. The molecule has 0 bridgehead atoms. The van der Waals surface area contributed by atoms with Crippen molar-refractivity contribution in [1.82, 2.24) is 4.90 Å². The molecule has 0 aliphatic heterocycles. The molecule has 0 aromatic heterocycles. The van der Waals surface area contributed by atoms with Gasteiger partial charge in [-0.15, -0.1) is 0 Å². The van der Waals surface area contributed by atoms with Crippen LogP contribution in [0.2, 0.25) is 0 Å². The molecule has 0 aliphatic carbocycles. The van der Waals surface area contributed by atoms with E-state index in [1.165, 1.54) is 12.8 Å². The molecule has 0 aromatic rings. The summed E-state index contributed by atoms with van der Waals surface area (Å²) in [5.74, 6) is 0.156. The van der Waals surface area contributed by atoms with Crippen LogP contribution in [0.5, 0.6) is 0 Å². The van der Waals surface area contributed by atoms with Crippen LogP contribution in [-0.2, 0) is 4.79 Å². The zero-order valence-corrected chi connectivity index (χ0v) is 9.89. The molecule has 0 N–H and O–H groups in total. The summed E-state index contributed by atoms with van der Waals surface area (Å²) in [6.07, 6.45) is 4.90. The van der Waals surface area contributed by atoms with Gasteiger partial charge in [-0.2, -0.15) is 0 Å². The number of hydrogen-bond donors (Lipinski definition) is 0. The summed E-state index contributed by atoms with van der Waals surface area (Å²) >= 11 is 0. The first-order chi connectivity index (χ1) is 6.09. The van der Waals surface area contributed by atoms with E-state index in [0.717, 1.165) is 19.4 Å². The van der Waals surface area contributed by atoms with E-state index in [0.29, 0.717) is 0 Å². The second-order valence-electron chi connectivity index (χ2n) is 3.29. The molecule has 2 heteroatoms. The summed E-state index contributed by atoms with van der Waals surface area (Å²) in [6.45, 7) is 8.97. The lowest BCUT2D eigenvalue weighted by Crippen LogP contribution is -2.24. The highest BCUT2D eigenvalue weighted by atomic mass is 16.2. The van der Waals surface area contributed by atoms with E-state index >= 15 is 0 Å². The lowest BCUT2D eigenvalue weighted by molar-refractivity contribution is -0.127. The third kappa shape index (κ3) is 14.3. The molecule has 0 saturated carbocycles. The number of carbonyl (C=O) groups excluding carboxylic acids is 1. The van der Waals surface area contributed by atoms with Crippen molar-refractivity contribution in [2.75, 3.05) is 13.6 Å². The van der Waals surface area contributed by atoms with Gasteiger partial charge in [-0.05, 0) is 6.42 Å². The van der Waals surface area contributed by atoms with Crippen LogP contribution < -0.4 is 0 Å². The lowest BCUT2D eigenvalue weighted by atomic mass is 10.3. The normalized spacial score (nSPS) is 8.69. The quantitative estimate of drug-likeness (QED) is 0.662. The van der Waals surface area contributed by atoms with E-state index in [1.54, 1.807) is 11.8 Å². The zero-order chi connectivity index (χ0) is 10.7. The molecule has 0 aliphatic rings. The van der Waals surface area contributed by atoms with Crippen molar-refractivity contribution in [1.29, 1.82) is 0 Å². The van der Waals surface area contributed by atoms with E-state index in [1.807, 2.05) is 7.05 Å². The Morgan fingerprint density at radius 3 is 1.77 bits per heavy atom. The van der Waals surface area contributed by atoms with Crippen LogP contribution in [0.3, 0.4) is 0 Å². The highest BCUT2D eigenvalue weighted by molar-refractivity contribution is 5.72. The number of amides is 1. The smallest absolute Gasteiger partial charge is 0.219 e. The van der Waals surface area contributed by atoms with E-state index in [2.05, 4.69) is 20.8 Å². The van der Waals surface area contributed by atoms with Crippen molar-refractivity contribution in [3.05, 3.63) is 0 Å². The molecule has 0 fully saturated rings. The third-order valence-corrected chi connectivity index (χ3v) is 1.88. The number of nitrogens with zero attached hydrogens (tertiary/aromatic N) is 1. The minimum atomic E-state index is 0.156. The van der Waals surface area contributed by atoms with Gasteiger partial charge in [0.25, 0.3) is 0 Å². The second kappa shape index (κ2) is 11.5. The van der Waals surface area contributed by atoms with Crippen LogP contribution in [0.4, 0.5) is 0 Å². The molecule has 1 amide bonds. The van der Waals surface area contributed by atoms with Gasteiger partial charge in [0.15, 0.2) is 0 Å². The topological polar surface area (TPSA) is 20.3 Å². The van der Waals surface area contributed by atoms with Crippen molar-refractivity contribution in [2.45, 2.75) is 53.4 Å². The maximum Gasteiger partial charge on any atom is 0.219 e. The standard InChI is InChI=1S/C7H15NO.C4H10/c1-4-5-6-8(3)7(2)9;1-3-4-2/h4-6H2,1-3H3;3-4H2,1-2H3. The summed E-state index contributed by atoms with van der Waals surface area (Å²) < 4.78 is 0.